The van der Waals surface area contributed by atoms with Crippen LogP contribution in [0.3, 0.4) is 0 Å². The number of hydrogen-bond donors (Lipinski definition) is 2. The minimum Gasteiger partial charge on any atom is -0.322 e. The summed E-state index contributed by atoms with van der Waals surface area (Å²) in [6, 6.07) is 13.8. The van der Waals surface area contributed by atoms with Gasteiger partial charge >= 0.3 is 6.18 Å². The predicted molar refractivity (Wildman–Crippen MR) is 103 cm³/mol. The molecule has 5 nitrogen and oxygen atoms in total. The molecule has 0 aromatic heterocycles. The first-order chi connectivity index (χ1) is 14.0. The average molecular weight is 438 g/mol. The molecule has 0 radical (unpaired) electrons. The SMILES string of the molecule is O=C(Nc1cccc(S(=O)(=O)Nc2cccc(C(F)(F)F)c2)c1)c1cccc(F)c1. The number of nitrogens with one attached hydrogen (secondary N) is 2. The summed E-state index contributed by atoms with van der Waals surface area (Å²) in [5, 5.41) is 2.44. The van der Waals surface area contributed by atoms with Crippen molar-refractivity contribution in [3.05, 3.63) is 89.7 Å². The molecule has 3 aromatic carbocycles. The molecule has 0 atom stereocenters. The van der Waals surface area contributed by atoms with Gasteiger partial charge in [-0.15, -0.1) is 0 Å². The zero-order valence-corrected chi connectivity index (χ0v) is 15.9. The number of carbonyl (C=O) groups is 1. The molecule has 156 valence electrons. The molecule has 1 amide bonds. The van der Waals surface area contributed by atoms with Crippen molar-refractivity contribution >= 4 is 27.3 Å². The van der Waals surface area contributed by atoms with Crippen LogP contribution >= 0.6 is 0 Å². The van der Waals surface area contributed by atoms with E-state index in [1.807, 2.05) is 0 Å². The fraction of sp³-hybridized carbons (Fsp3) is 0.0500. The largest absolute Gasteiger partial charge is 0.416 e. The maximum atomic E-state index is 13.3. The minimum atomic E-state index is -4.62. The molecule has 0 saturated carbocycles. The van der Waals surface area contributed by atoms with Crippen molar-refractivity contribution < 1.29 is 30.8 Å². The molecule has 3 aromatic rings. The van der Waals surface area contributed by atoms with E-state index in [4.69, 9.17) is 0 Å². The van der Waals surface area contributed by atoms with E-state index < -0.39 is 33.5 Å². The van der Waals surface area contributed by atoms with Crippen molar-refractivity contribution in [1.29, 1.82) is 0 Å². The summed E-state index contributed by atoms with van der Waals surface area (Å²) in [5.74, 6) is -1.26. The summed E-state index contributed by atoms with van der Waals surface area (Å²) >= 11 is 0. The van der Waals surface area contributed by atoms with Gasteiger partial charge in [-0.3, -0.25) is 9.52 Å². The molecule has 2 N–H and O–H groups in total. The highest BCUT2D eigenvalue weighted by atomic mass is 32.2. The van der Waals surface area contributed by atoms with Crippen molar-refractivity contribution in [2.45, 2.75) is 11.1 Å². The van der Waals surface area contributed by atoms with Crippen LogP contribution in [0.1, 0.15) is 15.9 Å². The topological polar surface area (TPSA) is 75.3 Å². The Hall–Kier alpha value is -3.40. The second kappa shape index (κ2) is 8.15. The van der Waals surface area contributed by atoms with Gasteiger partial charge in [0.25, 0.3) is 15.9 Å². The minimum absolute atomic E-state index is 0.0327. The molecule has 0 unspecified atom stereocenters. The lowest BCUT2D eigenvalue weighted by Gasteiger charge is -2.12. The van der Waals surface area contributed by atoms with Gasteiger partial charge in [0.05, 0.1) is 10.5 Å². The Morgan fingerprint density at radius 3 is 2.20 bits per heavy atom. The summed E-state index contributed by atoms with van der Waals surface area (Å²) in [6.07, 6.45) is -4.62. The van der Waals surface area contributed by atoms with Gasteiger partial charge in [0.1, 0.15) is 5.82 Å². The smallest absolute Gasteiger partial charge is 0.322 e. The Kier molecular flexibility index (Phi) is 5.79. The number of anilines is 2. The summed E-state index contributed by atoms with van der Waals surface area (Å²) in [5.41, 5.74) is -1.13. The Balaban J connectivity index is 1.81. The van der Waals surface area contributed by atoms with Crippen LogP contribution in [-0.4, -0.2) is 14.3 Å². The van der Waals surface area contributed by atoms with E-state index in [2.05, 4.69) is 10.0 Å². The van der Waals surface area contributed by atoms with Crippen molar-refractivity contribution in [1.82, 2.24) is 0 Å². The average Bonchev–Trinajstić information content (AvgIpc) is 2.67. The number of alkyl halides is 3. The van der Waals surface area contributed by atoms with Gasteiger partial charge in [-0.25, -0.2) is 12.8 Å². The quantitative estimate of drug-likeness (QED) is 0.557. The number of amides is 1. The van der Waals surface area contributed by atoms with Crippen molar-refractivity contribution in [3.63, 3.8) is 0 Å². The van der Waals surface area contributed by atoms with E-state index in [-0.39, 0.29) is 21.8 Å². The van der Waals surface area contributed by atoms with Crippen LogP contribution in [0.4, 0.5) is 28.9 Å². The maximum absolute atomic E-state index is 13.3. The van der Waals surface area contributed by atoms with Crippen LogP contribution in [0, 0.1) is 5.82 Å². The molecule has 0 bridgehead atoms. The monoisotopic (exact) mass is 438 g/mol. The van der Waals surface area contributed by atoms with Crippen molar-refractivity contribution in [2.75, 3.05) is 10.0 Å². The van der Waals surface area contributed by atoms with E-state index in [1.54, 1.807) is 0 Å². The summed E-state index contributed by atoms with van der Waals surface area (Å²) in [4.78, 5) is 11.9. The van der Waals surface area contributed by atoms with Crippen LogP contribution in [-0.2, 0) is 16.2 Å². The normalized spacial score (nSPS) is 11.7. The lowest BCUT2D eigenvalue weighted by Crippen LogP contribution is -2.15. The van der Waals surface area contributed by atoms with E-state index in [1.165, 1.54) is 42.5 Å². The third-order valence-electron chi connectivity index (χ3n) is 3.93. The first-order valence-electron chi connectivity index (χ1n) is 8.42. The predicted octanol–water partition coefficient (Wildman–Crippen LogP) is 4.90. The summed E-state index contributed by atoms with van der Waals surface area (Å²) in [6.45, 7) is 0. The Bertz CT molecular complexity index is 1190. The number of rotatable bonds is 5. The van der Waals surface area contributed by atoms with Gasteiger partial charge < -0.3 is 5.32 Å². The number of sulfonamides is 1. The number of benzene rings is 3. The van der Waals surface area contributed by atoms with E-state index in [0.29, 0.717) is 6.07 Å². The second-order valence-corrected chi connectivity index (χ2v) is 7.86. The van der Waals surface area contributed by atoms with Crippen molar-refractivity contribution in [3.8, 4) is 0 Å². The molecule has 30 heavy (non-hydrogen) atoms. The van der Waals surface area contributed by atoms with E-state index in [0.717, 1.165) is 24.3 Å². The fourth-order valence-electron chi connectivity index (χ4n) is 2.55. The van der Waals surface area contributed by atoms with E-state index >= 15 is 0 Å². The molecule has 3 rings (SSSR count). The van der Waals surface area contributed by atoms with Crippen LogP contribution in [0.25, 0.3) is 0 Å². The van der Waals surface area contributed by atoms with Crippen LogP contribution in [0.5, 0.6) is 0 Å². The summed E-state index contributed by atoms with van der Waals surface area (Å²) in [7, 11) is -4.23. The molecule has 0 spiro atoms. The highest BCUT2D eigenvalue weighted by molar-refractivity contribution is 7.92. The van der Waals surface area contributed by atoms with Gasteiger partial charge in [0.2, 0.25) is 0 Å². The molecule has 0 aliphatic carbocycles. The Morgan fingerprint density at radius 1 is 0.833 bits per heavy atom. The molecule has 0 saturated heterocycles. The van der Waals surface area contributed by atoms with Gasteiger partial charge in [0, 0.05) is 16.9 Å². The van der Waals surface area contributed by atoms with Gasteiger partial charge in [-0.1, -0.05) is 18.2 Å². The molecule has 0 heterocycles. The lowest BCUT2D eigenvalue weighted by molar-refractivity contribution is -0.137. The molecular formula is C20H14F4N2O3S. The van der Waals surface area contributed by atoms with Crippen LogP contribution < -0.4 is 10.0 Å². The maximum Gasteiger partial charge on any atom is 0.416 e. The zero-order valence-electron chi connectivity index (χ0n) is 15.1. The Labute approximate surface area is 169 Å². The third kappa shape index (κ3) is 5.15. The lowest BCUT2D eigenvalue weighted by atomic mass is 10.2. The highest BCUT2D eigenvalue weighted by Crippen LogP contribution is 2.31. The molecule has 10 heteroatoms. The van der Waals surface area contributed by atoms with Gasteiger partial charge in [0.15, 0.2) is 0 Å². The summed E-state index contributed by atoms with van der Waals surface area (Å²) < 4.78 is 78.9. The molecule has 0 fully saturated rings. The zero-order chi connectivity index (χ0) is 21.9. The third-order valence-corrected chi connectivity index (χ3v) is 5.31. The standard InChI is InChI=1S/C20H14F4N2O3S/c21-15-6-1-4-13(10-15)19(27)25-16-7-3-9-18(12-16)30(28,29)26-17-8-2-5-14(11-17)20(22,23)24/h1-12,26H,(H,25,27). The first-order valence-corrected chi connectivity index (χ1v) is 9.90. The van der Waals surface area contributed by atoms with Crippen LogP contribution in [0.15, 0.2) is 77.7 Å². The molecular weight excluding hydrogens is 424 g/mol. The van der Waals surface area contributed by atoms with Crippen molar-refractivity contribution in [2.24, 2.45) is 0 Å². The highest BCUT2D eigenvalue weighted by Gasteiger charge is 2.30. The number of hydrogen-bond acceptors (Lipinski definition) is 3. The van der Waals surface area contributed by atoms with E-state index in [9.17, 15) is 30.8 Å². The molecule has 0 aliphatic heterocycles. The first kappa shape index (κ1) is 21.3. The second-order valence-electron chi connectivity index (χ2n) is 6.18. The number of halogens is 4. The van der Waals surface area contributed by atoms with Crippen LogP contribution in [0.2, 0.25) is 0 Å². The van der Waals surface area contributed by atoms with Gasteiger partial charge in [-0.2, -0.15) is 13.2 Å². The Morgan fingerprint density at radius 2 is 1.50 bits per heavy atom. The van der Waals surface area contributed by atoms with Gasteiger partial charge in [-0.05, 0) is 54.6 Å². The molecule has 0 aliphatic rings. The fourth-order valence-corrected chi connectivity index (χ4v) is 3.64. The number of carbonyl (C=O) groups excluding carboxylic acids is 1.